The Hall–Kier alpha value is -2.54. The number of phenolic OH excluding ortho intramolecular Hbond substituents is 1. The molecule has 1 heterocycles. The fraction of sp³-hybridized carbons (Fsp3) is 0.467. The highest BCUT2D eigenvalue weighted by atomic mass is 35.5. The van der Waals surface area contributed by atoms with Gasteiger partial charge in [-0.1, -0.05) is 31.5 Å². The number of phenols is 1. The number of pyridine rings is 1. The molecule has 204 valence electrons. The molecular weight excluding hydrogens is 521 g/mol. The second kappa shape index (κ2) is 12.1. The first kappa shape index (κ1) is 28.5. The maximum atomic E-state index is 13.3. The number of hydrogen-bond acceptors (Lipinski definition) is 6. The number of anilines is 1. The van der Waals surface area contributed by atoms with Crippen molar-refractivity contribution in [2.75, 3.05) is 25.5 Å². The molecule has 0 unspecified atom stereocenters. The Morgan fingerprint density at radius 2 is 1.79 bits per heavy atom. The number of rotatable bonds is 9. The lowest BCUT2D eigenvalue weighted by atomic mass is 9.89. The molecule has 1 aromatic heterocycles. The second-order valence-electron chi connectivity index (χ2n) is 10.3. The zero-order chi connectivity index (χ0) is 26.1. The van der Waals surface area contributed by atoms with Gasteiger partial charge in [-0.05, 0) is 87.0 Å². The number of methoxy groups -OCH3 is 1. The number of ketones is 1. The Balaban J connectivity index is 0.00000336. The van der Waals surface area contributed by atoms with Crippen LogP contribution in [0.25, 0.3) is 22.0 Å². The number of nitrogens with zero attached hydrogens (tertiary/aromatic N) is 2. The van der Waals surface area contributed by atoms with Crippen LogP contribution in [0.5, 0.6) is 11.5 Å². The summed E-state index contributed by atoms with van der Waals surface area (Å²) in [5.41, 5.74) is 4.17. The highest BCUT2D eigenvalue weighted by molar-refractivity contribution is 6.32. The predicted molar refractivity (Wildman–Crippen MR) is 157 cm³/mol. The van der Waals surface area contributed by atoms with E-state index in [0.717, 1.165) is 79.3 Å². The molecular formula is C30H37Cl2N3O3. The van der Waals surface area contributed by atoms with Crippen LogP contribution in [-0.4, -0.2) is 53.1 Å². The molecule has 2 aromatic carbocycles. The van der Waals surface area contributed by atoms with E-state index in [2.05, 4.69) is 35.1 Å². The number of benzene rings is 2. The van der Waals surface area contributed by atoms with Gasteiger partial charge in [0.2, 0.25) is 0 Å². The number of nitrogens with one attached hydrogen (secondary N) is 1. The maximum absolute atomic E-state index is 13.3. The number of aromatic hydroxyl groups is 1. The van der Waals surface area contributed by atoms with Crippen molar-refractivity contribution in [1.82, 2.24) is 9.88 Å². The highest BCUT2D eigenvalue weighted by Gasteiger charge is 2.33. The molecule has 0 bridgehead atoms. The summed E-state index contributed by atoms with van der Waals surface area (Å²) in [6, 6.07) is 10.5. The van der Waals surface area contributed by atoms with Crippen molar-refractivity contribution in [2.24, 2.45) is 5.92 Å². The predicted octanol–water partition coefficient (Wildman–Crippen LogP) is 7.35. The lowest BCUT2D eigenvalue weighted by molar-refractivity contribution is 0.0968. The summed E-state index contributed by atoms with van der Waals surface area (Å²) in [5, 5.41) is 15.2. The van der Waals surface area contributed by atoms with Crippen LogP contribution in [-0.2, 0) is 0 Å². The molecule has 2 aliphatic rings. The number of fused-ring (bicyclic) bond motifs is 1. The van der Waals surface area contributed by atoms with Gasteiger partial charge in [0.05, 0.1) is 28.9 Å². The molecule has 2 aliphatic carbocycles. The van der Waals surface area contributed by atoms with Gasteiger partial charge in [-0.2, -0.15) is 0 Å². The topological polar surface area (TPSA) is 74.7 Å². The summed E-state index contributed by atoms with van der Waals surface area (Å²) in [4.78, 5) is 20.5. The SMILES string of the molecule is CCN(CC)C1CCC(Nc2c(C(=O)C3CC3)cnc3ccc(-c4cc(Cl)c(O)c(OC)c4)cc23)CC1.Cl. The molecule has 0 radical (unpaired) electrons. The van der Waals surface area contributed by atoms with Crippen LogP contribution in [0, 0.1) is 5.92 Å². The summed E-state index contributed by atoms with van der Waals surface area (Å²) in [6.45, 7) is 6.65. The third kappa shape index (κ3) is 5.73. The molecule has 0 spiro atoms. The summed E-state index contributed by atoms with van der Waals surface area (Å²) in [7, 11) is 1.51. The highest BCUT2D eigenvalue weighted by Crippen LogP contribution is 2.41. The summed E-state index contributed by atoms with van der Waals surface area (Å²) < 4.78 is 5.32. The average molecular weight is 559 g/mol. The first-order chi connectivity index (χ1) is 17.9. The zero-order valence-corrected chi connectivity index (χ0v) is 23.9. The number of Topliss-reactive ketones (excluding diaryl/α,β-unsaturated/α-hetero) is 1. The van der Waals surface area contributed by atoms with E-state index in [0.29, 0.717) is 23.4 Å². The molecule has 2 saturated carbocycles. The van der Waals surface area contributed by atoms with Crippen molar-refractivity contribution >= 4 is 46.4 Å². The number of halogens is 2. The minimum atomic E-state index is -0.0737. The third-order valence-corrected chi connectivity index (χ3v) is 8.33. The number of carbonyl (C=O) groups excluding carboxylic acids is 1. The molecule has 2 N–H and O–H groups in total. The third-order valence-electron chi connectivity index (χ3n) is 8.04. The molecule has 38 heavy (non-hydrogen) atoms. The van der Waals surface area contributed by atoms with E-state index in [1.807, 2.05) is 12.1 Å². The summed E-state index contributed by atoms with van der Waals surface area (Å²) in [6.07, 6.45) is 8.14. The molecule has 5 rings (SSSR count). The normalized spacial score (nSPS) is 19.3. The minimum Gasteiger partial charge on any atom is -0.503 e. The van der Waals surface area contributed by atoms with Gasteiger partial charge in [0.25, 0.3) is 0 Å². The van der Waals surface area contributed by atoms with Gasteiger partial charge in [0.15, 0.2) is 17.3 Å². The molecule has 2 fully saturated rings. The van der Waals surface area contributed by atoms with E-state index >= 15 is 0 Å². The van der Waals surface area contributed by atoms with Crippen LogP contribution in [0.3, 0.4) is 0 Å². The van der Waals surface area contributed by atoms with Gasteiger partial charge in [0.1, 0.15) is 0 Å². The smallest absolute Gasteiger partial charge is 0.176 e. The van der Waals surface area contributed by atoms with Gasteiger partial charge >= 0.3 is 0 Å². The maximum Gasteiger partial charge on any atom is 0.176 e. The van der Waals surface area contributed by atoms with Gasteiger partial charge in [-0.15, -0.1) is 12.4 Å². The van der Waals surface area contributed by atoms with Crippen molar-refractivity contribution in [3.63, 3.8) is 0 Å². The number of hydrogen-bond donors (Lipinski definition) is 2. The molecule has 0 aliphatic heterocycles. The van der Waals surface area contributed by atoms with Crippen LogP contribution in [0.15, 0.2) is 36.5 Å². The van der Waals surface area contributed by atoms with Crippen molar-refractivity contribution in [1.29, 1.82) is 0 Å². The summed E-state index contributed by atoms with van der Waals surface area (Å²) >= 11 is 6.29. The molecule has 6 nitrogen and oxygen atoms in total. The quantitative estimate of drug-likeness (QED) is 0.268. The van der Waals surface area contributed by atoms with Gasteiger partial charge in [-0.3, -0.25) is 9.78 Å². The molecule has 3 aromatic rings. The van der Waals surface area contributed by atoms with E-state index in [9.17, 15) is 9.90 Å². The second-order valence-corrected chi connectivity index (χ2v) is 10.7. The van der Waals surface area contributed by atoms with Crippen LogP contribution in [0.1, 0.15) is 62.7 Å². The van der Waals surface area contributed by atoms with E-state index < -0.39 is 0 Å². The average Bonchev–Trinajstić information content (AvgIpc) is 3.77. The lowest BCUT2D eigenvalue weighted by Crippen LogP contribution is -2.40. The van der Waals surface area contributed by atoms with Gasteiger partial charge in [0, 0.05) is 29.6 Å². The van der Waals surface area contributed by atoms with Gasteiger partial charge < -0.3 is 20.1 Å². The molecule has 0 atom stereocenters. The fourth-order valence-corrected chi connectivity index (χ4v) is 5.92. The van der Waals surface area contributed by atoms with E-state index in [1.54, 1.807) is 18.3 Å². The van der Waals surface area contributed by atoms with Gasteiger partial charge in [-0.25, -0.2) is 0 Å². The molecule has 0 amide bonds. The monoisotopic (exact) mass is 557 g/mol. The summed E-state index contributed by atoms with van der Waals surface area (Å²) in [5.74, 6) is 0.548. The van der Waals surface area contributed by atoms with E-state index in [4.69, 9.17) is 16.3 Å². The number of carbonyl (C=O) groups is 1. The van der Waals surface area contributed by atoms with E-state index in [1.165, 1.54) is 7.11 Å². The first-order valence-electron chi connectivity index (χ1n) is 13.5. The Morgan fingerprint density at radius 1 is 1.08 bits per heavy atom. The number of aromatic nitrogens is 1. The van der Waals surface area contributed by atoms with Crippen molar-refractivity contribution in [3.05, 3.63) is 47.1 Å². The molecule has 0 saturated heterocycles. The number of ether oxygens (including phenoxy) is 1. The van der Waals surface area contributed by atoms with Crippen molar-refractivity contribution < 1.29 is 14.6 Å². The zero-order valence-electron chi connectivity index (χ0n) is 22.3. The Bertz CT molecular complexity index is 1300. The van der Waals surface area contributed by atoms with Crippen LogP contribution >= 0.6 is 24.0 Å². The first-order valence-corrected chi connectivity index (χ1v) is 13.9. The van der Waals surface area contributed by atoms with Crippen molar-refractivity contribution in [2.45, 2.75) is 64.5 Å². The van der Waals surface area contributed by atoms with Crippen molar-refractivity contribution in [3.8, 4) is 22.6 Å². The van der Waals surface area contributed by atoms with Crippen LogP contribution in [0.4, 0.5) is 5.69 Å². The minimum absolute atomic E-state index is 0. The standard InChI is InChI=1S/C30H36ClN3O3.ClH/c1-4-34(5-2)22-11-9-21(10-12-22)33-28-23-14-19(20-15-25(31)30(36)27(16-20)37-3)8-13-26(23)32-17-24(28)29(35)18-6-7-18;/h8,13-18,21-22,36H,4-7,9-12H2,1-3H3,(H,32,33);1H. The largest absolute Gasteiger partial charge is 0.503 e. The van der Waals surface area contributed by atoms with E-state index in [-0.39, 0.29) is 34.9 Å². The Kier molecular flexibility index (Phi) is 9.07. The Labute approximate surface area is 236 Å². The Morgan fingerprint density at radius 3 is 2.42 bits per heavy atom. The van der Waals surface area contributed by atoms with Crippen LogP contribution in [0.2, 0.25) is 5.02 Å². The molecule has 8 heteroatoms. The lowest BCUT2D eigenvalue weighted by Gasteiger charge is -2.36. The fourth-order valence-electron chi connectivity index (χ4n) is 5.71. The van der Waals surface area contributed by atoms with Crippen LogP contribution < -0.4 is 10.1 Å².